The molecule has 5 heteroatoms. The molecule has 0 radical (unpaired) electrons. The summed E-state index contributed by atoms with van der Waals surface area (Å²) in [5, 5.41) is 0. The van der Waals surface area contributed by atoms with Crippen molar-refractivity contribution in [3.05, 3.63) is 58.3 Å². The molecule has 110 valence electrons. The number of anilines is 1. The van der Waals surface area contributed by atoms with Crippen LogP contribution in [0.5, 0.6) is 0 Å². The molecule has 0 fully saturated rings. The molecule has 1 amide bonds. The second-order valence-corrected chi connectivity index (χ2v) is 5.90. The summed E-state index contributed by atoms with van der Waals surface area (Å²) in [6, 6.07) is 11.7. The Morgan fingerprint density at radius 2 is 1.76 bits per heavy atom. The van der Waals surface area contributed by atoms with Gasteiger partial charge in [-0.3, -0.25) is 4.79 Å². The van der Waals surface area contributed by atoms with Crippen molar-refractivity contribution in [1.82, 2.24) is 9.88 Å². The number of amides is 1. The smallest absolute Gasteiger partial charge is 0.255 e. The van der Waals surface area contributed by atoms with Crippen LogP contribution in [0.25, 0.3) is 0 Å². The Hall–Kier alpha value is -1.88. The topological polar surface area (TPSA) is 36.4 Å². The highest BCUT2D eigenvalue weighted by molar-refractivity contribution is 9.10. The van der Waals surface area contributed by atoms with Crippen molar-refractivity contribution in [3.8, 4) is 0 Å². The maximum absolute atomic E-state index is 12.3. The van der Waals surface area contributed by atoms with Crippen LogP contribution >= 0.6 is 15.9 Å². The molecule has 0 saturated carbocycles. The Bertz CT molecular complexity index is 608. The summed E-state index contributed by atoms with van der Waals surface area (Å²) in [7, 11) is 5.81. The van der Waals surface area contributed by atoms with Gasteiger partial charge in [-0.2, -0.15) is 0 Å². The monoisotopic (exact) mass is 347 g/mol. The summed E-state index contributed by atoms with van der Waals surface area (Å²) in [5.41, 5.74) is 2.83. The highest BCUT2D eigenvalue weighted by atomic mass is 79.9. The summed E-state index contributed by atoms with van der Waals surface area (Å²) >= 11 is 3.26. The van der Waals surface area contributed by atoms with Gasteiger partial charge in [0.15, 0.2) is 0 Å². The van der Waals surface area contributed by atoms with Gasteiger partial charge in [0.2, 0.25) is 0 Å². The first-order valence-electron chi connectivity index (χ1n) is 6.60. The van der Waals surface area contributed by atoms with Gasteiger partial charge >= 0.3 is 0 Å². The van der Waals surface area contributed by atoms with Crippen LogP contribution in [0.1, 0.15) is 15.9 Å². The molecule has 2 aromatic rings. The van der Waals surface area contributed by atoms with Gasteiger partial charge < -0.3 is 9.80 Å². The van der Waals surface area contributed by atoms with E-state index < -0.39 is 0 Å². The van der Waals surface area contributed by atoms with Crippen LogP contribution in [0.2, 0.25) is 0 Å². The van der Waals surface area contributed by atoms with Crippen LogP contribution in [0.15, 0.2) is 47.2 Å². The molecule has 0 spiro atoms. The molecule has 0 bridgehead atoms. The molecule has 0 saturated heterocycles. The maximum atomic E-state index is 12.3. The van der Waals surface area contributed by atoms with Crippen LogP contribution in [-0.4, -0.2) is 36.9 Å². The molecule has 4 nitrogen and oxygen atoms in total. The van der Waals surface area contributed by atoms with E-state index in [0.29, 0.717) is 12.1 Å². The van der Waals surface area contributed by atoms with Gasteiger partial charge in [0.05, 0.1) is 5.56 Å². The van der Waals surface area contributed by atoms with E-state index in [-0.39, 0.29) is 5.91 Å². The Kier molecular flexibility index (Phi) is 4.96. The van der Waals surface area contributed by atoms with Crippen molar-refractivity contribution < 1.29 is 4.79 Å². The van der Waals surface area contributed by atoms with E-state index in [1.54, 1.807) is 30.3 Å². The Labute approximate surface area is 133 Å². The van der Waals surface area contributed by atoms with Gasteiger partial charge in [-0.1, -0.05) is 12.1 Å². The molecule has 0 unspecified atom stereocenters. The van der Waals surface area contributed by atoms with E-state index in [1.807, 2.05) is 31.1 Å². The Morgan fingerprint density at radius 3 is 2.29 bits per heavy atom. The zero-order valence-corrected chi connectivity index (χ0v) is 14.0. The number of hydrogen-bond donors (Lipinski definition) is 0. The Balaban J connectivity index is 2.05. The predicted molar refractivity (Wildman–Crippen MR) is 88.5 cm³/mol. The molecule has 2 rings (SSSR count). The molecule has 0 aliphatic heterocycles. The lowest BCUT2D eigenvalue weighted by Gasteiger charge is -2.18. The molecule has 0 aliphatic rings. The SMILES string of the molecule is CN(Cc1ccc(N(C)C)cc1)C(=O)c1ccc(Br)nc1. The van der Waals surface area contributed by atoms with E-state index in [2.05, 4.69) is 33.0 Å². The first-order valence-corrected chi connectivity index (χ1v) is 7.40. The maximum Gasteiger partial charge on any atom is 0.255 e. The zero-order chi connectivity index (χ0) is 15.4. The van der Waals surface area contributed by atoms with E-state index in [4.69, 9.17) is 0 Å². The molecule has 1 aromatic carbocycles. The van der Waals surface area contributed by atoms with Gasteiger partial charge in [0, 0.05) is 39.6 Å². The minimum atomic E-state index is -0.0355. The first kappa shape index (κ1) is 15.5. The second-order valence-electron chi connectivity index (χ2n) is 5.09. The van der Waals surface area contributed by atoms with Crippen LogP contribution in [-0.2, 0) is 6.54 Å². The van der Waals surface area contributed by atoms with Gasteiger partial charge in [0.1, 0.15) is 4.60 Å². The van der Waals surface area contributed by atoms with Crippen LogP contribution in [0.3, 0.4) is 0 Å². The third-order valence-electron chi connectivity index (χ3n) is 3.19. The molecule has 0 atom stereocenters. The summed E-state index contributed by atoms with van der Waals surface area (Å²) in [4.78, 5) is 20.1. The fraction of sp³-hybridized carbons (Fsp3) is 0.250. The number of benzene rings is 1. The van der Waals surface area contributed by atoms with Crippen molar-refractivity contribution in [2.75, 3.05) is 26.0 Å². The largest absolute Gasteiger partial charge is 0.378 e. The first-order chi connectivity index (χ1) is 9.97. The molecular formula is C16H18BrN3O. The van der Waals surface area contributed by atoms with Crippen LogP contribution in [0, 0.1) is 0 Å². The van der Waals surface area contributed by atoms with Crippen molar-refractivity contribution in [3.63, 3.8) is 0 Å². The van der Waals surface area contributed by atoms with Crippen molar-refractivity contribution in [2.24, 2.45) is 0 Å². The van der Waals surface area contributed by atoms with Crippen LogP contribution in [0.4, 0.5) is 5.69 Å². The standard InChI is InChI=1S/C16H18BrN3O/c1-19(2)14-7-4-12(5-8-14)11-20(3)16(21)13-6-9-15(17)18-10-13/h4-10H,11H2,1-3H3. The zero-order valence-electron chi connectivity index (χ0n) is 12.4. The lowest BCUT2D eigenvalue weighted by molar-refractivity contribution is 0.0784. The van der Waals surface area contributed by atoms with Crippen molar-refractivity contribution in [1.29, 1.82) is 0 Å². The summed E-state index contributed by atoms with van der Waals surface area (Å²) in [6.45, 7) is 0.572. The fourth-order valence-corrected chi connectivity index (χ4v) is 2.20. The normalized spacial score (nSPS) is 10.3. The number of halogens is 1. The number of nitrogens with zero attached hydrogens (tertiary/aromatic N) is 3. The minimum Gasteiger partial charge on any atom is -0.378 e. The number of carbonyl (C=O) groups is 1. The average Bonchev–Trinajstić information content (AvgIpc) is 2.47. The molecule has 1 heterocycles. The summed E-state index contributed by atoms with van der Waals surface area (Å²) < 4.78 is 0.723. The molecule has 0 aliphatic carbocycles. The summed E-state index contributed by atoms with van der Waals surface area (Å²) in [6.07, 6.45) is 1.58. The number of pyridine rings is 1. The number of rotatable bonds is 4. The number of aromatic nitrogens is 1. The van der Waals surface area contributed by atoms with E-state index in [1.165, 1.54) is 0 Å². The van der Waals surface area contributed by atoms with Crippen LogP contribution < -0.4 is 4.90 Å². The van der Waals surface area contributed by atoms with E-state index in [9.17, 15) is 4.79 Å². The molecule has 0 N–H and O–H groups in total. The second kappa shape index (κ2) is 6.72. The number of hydrogen-bond acceptors (Lipinski definition) is 3. The molecule has 1 aromatic heterocycles. The highest BCUT2D eigenvalue weighted by Gasteiger charge is 2.12. The van der Waals surface area contributed by atoms with E-state index in [0.717, 1.165) is 15.9 Å². The fourth-order valence-electron chi connectivity index (χ4n) is 1.97. The molecular weight excluding hydrogens is 330 g/mol. The Morgan fingerprint density at radius 1 is 1.10 bits per heavy atom. The quantitative estimate of drug-likeness (QED) is 0.797. The highest BCUT2D eigenvalue weighted by Crippen LogP contribution is 2.14. The van der Waals surface area contributed by atoms with Gasteiger partial charge in [-0.15, -0.1) is 0 Å². The lowest BCUT2D eigenvalue weighted by Crippen LogP contribution is -2.26. The third-order valence-corrected chi connectivity index (χ3v) is 3.66. The lowest BCUT2D eigenvalue weighted by atomic mass is 10.1. The van der Waals surface area contributed by atoms with Gasteiger partial charge in [-0.25, -0.2) is 4.98 Å². The molecule has 21 heavy (non-hydrogen) atoms. The van der Waals surface area contributed by atoms with Gasteiger partial charge in [0.25, 0.3) is 5.91 Å². The number of carbonyl (C=O) groups excluding carboxylic acids is 1. The van der Waals surface area contributed by atoms with Crippen molar-refractivity contribution >= 4 is 27.5 Å². The third kappa shape index (κ3) is 4.04. The summed E-state index contributed by atoms with van der Waals surface area (Å²) in [5.74, 6) is -0.0355. The van der Waals surface area contributed by atoms with Crippen molar-refractivity contribution in [2.45, 2.75) is 6.54 Å². The predicted octanol–water partition coefficient (Wildman–Crippen LogP) is 3.18. The minimum absolute atomic E-state index is 0.0355. The van der Waals surface area contributed by atoms with E-state index >= 15 is 0 Å². The van der Waals surface area contributed by atoms with Gasteiger partial charge in [-0.05, 0) is 45.8 Å². The average molecular weight is 348 g/mol.